The first-order valence-corrected chi connectivity index (χ1v) is 9.85. The molecule has 3 saturated heterocycles. The number of aliphatic hydroxyl groups excluding tert-OH is 2. The van der Waals surface area contributed by atoms with E-state index in [2.05, 4.69) is 5.32 Å². The fourth-order valence-corrected chi connectivity index (χ4v) is 4.58. The number of ether oxygens (including phenoxy) is 4. The van der Waals surface area contributed by atoms with Gasteiger partial charge in [0, 0.05) is 0 Å². The Morgan fingerprint density at radius 1 is 1.23 bits per heavy atom. The number of hydrogen-bond donors (Lipinski definition) is 3. The number of likely N-dealkylation sites (tertiary alicyclic amines) is 1. The summed E-state index contributed by atoms with van der Waals surface area (Å²) in [4.78, 5) is 51.6. The number of nitrogens with one attached hydrogen (secondary N) is 1. The predicted octanol–water partition coefficient (Wildman–Crippen LogP) is -1.68. The lowest BCUT2D eigenvalue weighted by Crippen LogP contribution is -2.64. The maximum Gasteiger partial charge on any atom is 0.410 e. The third-order valence-electron chi connectivity index (χ3n) is 5.81. The van der Waals surface area contributed by atoms with Crippen LogP contribution in [0.3, 0.4) is 0 Å². The second-order valence-electron chi connectivity index (χ2n) is 8.91. The van der Waals surface area contributed by atoms with Crippen molar-refractivity contribution in [2.24, 2.45) is 5.92 Å². The number of esters is 2. The van der Waals surface area contributed by atoms with E-state index in [-0.39, 0.29) is 6.54 Å². The standard InChI is InChI=1S/C19H28N2O10/c1-18(2,3)31-17(27)21-7-8(22)12(24)13-11(21)10-15(25)20-14(16(26)29-5)19(10,30-13)6-9(23)28-4/h8,10-14,22,24H,6-7H2,1-5H3,(H,20,25)/t8-,10-,11+,12-,13-,14+,19-/m1/s1. The van der Waals surface area contributed by atoms with E-state index >= 15 is 0 Å². The second kappa shape index (κ2) is 7.92. The van der Waals surface area contributed by atoms with Crippen molar-refractivity contribution >= 4 is 23.9 Å². The van der Waals surface area contributed by atoms with Gasteiger partial charge in [-0.3, -0.25) is 14.5 Å². The van der Waals surface area contributed by atoms with Crippen LogP contribution < -0.4 is 5.32 Å². The molecule has 0 aromatic heterocycles. The number of hydrogen-bond acceptors (Lipinski definition) is 10. The molecular weight excluding hydrogens is 416 g/mol. The first-order chi connectivity index (χ1) is 14.4. The molecule has 12 heteroatoms. The van der Waals surface area contributed by atoms with Gasteiger partial charge < -0.3 is 34.5 Å². The predicted molar refractivity (Wildman–Crippen MR) is 100 cm³/mol. The van der Waals surface area contributed by atoms with Crippen molar-refractivity contribution in [3.63, 3.8) is 0 Å². The fraction of sp³-hybridized carbons (Fsp3) is 0.789. The molecule has 2 amide bonds. The molecule has 0 aromatic carbocycles. The zero-order valence-corrected chi connectivity index (χ0v) is 18.0. The van der Waals surface area contributed by atoms with Crippen molar-refractivity contribution in [3.8, 4) is 0 Å². The van der Waals surface area contributed by atoms with Crippen LogP contribution in [0.15, 0.2) is 0 Å². The Morgan fingerprint density at radius 2 is 1.87 bits per heavy atom. The van der Waals surface area contributed by atoms with E-state index in [4.69, 9.17) is 18.9 Å². The van der Waals surface area contributed by atoms with Crippen molar-refractivity contribution in [1.82, 2.24) is 10.2 Å². The van der Waals surface area contributed by atoms with Gasteiger partial charge in [-0.2, -0.15) is 0 Å². The molecule has 0 aliphatic carbocycles. The van der Waals surface area contributed by atoms with Gasteiger partial charge in [-0.1, -0.05) is 0 Å². The van der Waals surface area contributed by atoms with Crippen LogP contribution in [0.2, 0.25) is 0 Å². The summed E-state index contributed by atoms with van der Waals surface area (Å²) in [5.41, 5.74) is -2.67. The molecular formula is C19H28N2O10. The largest absolute Gasteiger partial charge is 0.469 e. The summed E-state index contributed by atoms with van der Waals surface area (Å²) in [6.45, 7) is 4.63. The summed E-state index contributed by atoms with van der Waals surface area (Å²) in [6, 6.07) is -2.49. The molecule has 0 bridgehead atoms. The lowest BCUT2D eigenvalue weighted by Gasteiger charge is -2.43. The van der Waals surface area contributed by atoms with E-state index in [1.807, 2.05) is 0 Å². The Bertz CT molecular complexity index is 780. The third kappa shape index (κ3) is 3.83. The minimum Gasteiger partial charge on any atom is -0.469 e. The SMILES string of the molecule is COC(=O)C[C@@]12O[C@H]3[C@H](O)[C@H](O)CN(C(=O)OC(C)(C)C)[C@H]3[C@@H]1C(=O)N[C@H]2C(=O)OC. The molecule has 0 spiro atoms. The highest BCUT2D eigenvalue weighted by Crippen LogP contribution is 2.50. The second-order valence-corrected chi connectivity index (χ2v) is 8.91. The van der Waals surface area contributed by atoms with Crippen LogP contribution in [0.5, 0.6) is 0 Å². The molecule has 174 valence electrons. The lowest BCUT2D eigenvalue weighted by molar-refractivity contribution is -0.176. The summed E-state index contributed by atoms with van der Waals surface area (Å²) >= 11 is 0. The Kier molecular flexibility index (Phi) is 5.93. The number of fused-ring (bicyclic) bond motifs is 3. The zero-order valence-electron chi connectivity index (χ0n) is 18.0. The molecule has 31 heavy (non-hydrogen) atoms. The van der Waals surface area contributed by atoms with Gasteiger partial charge in [0.1, 0.15) is 29.5 Å². The van der Waals surface area contributed by atoms with Gasteiger partial charge in [0.25, 0.3) is 0 Å². The molecule has 0 saturated carbocycles. The summed E-state index contributed by atoms with van der Waals surface area (Å²) in [6.07, 6.45) is -5.49. The maximum atomic E-state index is 13.0. The van der Waals surface area contributed by atoms with Crippen LogP contribution in [0.25, 0.3) is 0 Å². The van der Waals surface area contributed by atoms with E-state index in [1.54, 1.807) is 20.8 Å². The van der Waals surface area contributed by atoms with Gasteiger partial charge >= 0.3 is 18.0 Å². The number of carbonyl (C=O) groups is 4. The number of amides is 2. The van der Waals surface area contributed by atoms with E-state index in [1.165, 1.54) is 0 Å². The Morgan fingerprint density at radius 3 is 2.42 bits per heavy atom. The molecule has 3 rings (SSSR count). The zero-order chi connectivity index (χ0) is 23.3. The Balaban J connectivity index is 2.08. The topological polar surface area (TPSA) is 161 Å². The minimum atomic E-state index is -1.79. The molecule has 0 radical (unpaired) electrons. The normalized spacial score (nSPS) is 36.9. The van der Waals surface area contributed by atoms with Gasteiger partial charge in [0.15, 0.2) is 6.04 Å². The number of piperidine rings is 1. The molecule has 7 atom stereocenters. The van der Waals surface area contributed by atoms with Crippen molar-refractivity contribution in [2.45, 2.75) is 68.8 Å². The van der Waals surface area contributed by atoms with Crippen LogP contribution >= 0.6 is 0 Å². The Hall–Kier alpha value is -2.44. The van der Waals surface area contributed by atoms with Gasteiger partial charge in [-0.25, -0.2) is 9.59 Å². The van der Waals surface area contributed by atoms with Gasteiger partial charge in [-0.15, -0.1) is 0 Å². The third-order valence-corrected chi connectivity index (χ3v) is 5.81. The van der Waals surface area contributed by atoms with Crippen LogP contribution in [0.1, 0.15) is 27.2 Å². The molecule has 3 heterocycles. The van der Waals surface area contributed by atoms with Crippen molar-refractivity contribution < 1.29 is 48.3 Å². The summed E-state index contributed by atoms with van der Waals surface area (Å²) in [5.74, 6) is -3.52. The molecule has 3 fully saturated rings. The maximum absolute atomic E-state index is 13.0. The lowest BCUT2D eigenvalue weighted by atomic mass is 9.77. The van der Waals surface area contributed by atoms with E-state index in [0.717, 1.165) is 19.1 Å². The van der Waals surface area contributed by atoms with Crippen LogP contribution in [-0.4, -0.2) is 101 Å². The monoisotopic (exact) mass is 444 g/mol. The minimum absolute atomic E-state index is 0.332. The van der Waals surface area contributed by atoms with Crippen LogP contribution in [0, 0.1) is 5.92 Å². The van der Waals surface area contributed by atoms with Gasteiger partial charge in [0.2, 0.25) is 5.91 Å². The van der Waals surface area contributed by atoms with Gasteiger partial charge in [-0.05, 0) is 20.8 Å². The fourth-order valence-electron chi connectivity index (χ4n) is 4.58. The molecule has 3 aliphatic heterocycles. The molecule has 0 aromatic rings. The molecule has 3 N–H and O–H groups in total. The number of β-amino-alcohol motifs (C(OH)–C–C–N with tert-alkyl or cyclic N) is 1. The van der Waals surface area contributed by atoms with Crippen LogP contribution in [0.4, 0.5) is 4.79 Å². The first-order valence-electron chi connectivity index (χ1n) is 9.85. The number of nitrogens with zero attached hydrogens (tertiary/aromatic N) is 1. The number of methoxy groups -OCH3 is 2. The van der Waals surface area contributed by atoms with Crippen molar-refractivity contribution in [1.29, 1.82) is 0 Å². The number of aliphatic hydroxyl groups is 2. The Labute approximate surface area is 178 Å². The highest BCUT2D eigenvalue weighted by molar-refractivity contribution is 5.95. The highest BCUT2D eigenvalue weighted by Gasteiger charge is 2.73. The smallest absolute Gasteiger partial charge is 0.410 e. The quantitative estimate of drug-likeness (QED) is 0.339. The van der Waals surface area contributed by atoms with E-state index in [0.29, 0.717) is 0 Å². The summed E-state index contributed by atoms with van der Waals surface area (Å²) in [5, 5.41) is 23.4. The van der Waals surface area contributed by atoms with E-state index in [9.17, 15) is 29.4 Å². The van der Waals surface area contributed by atoms with Gasteiger partial charge in [0.05, 0.1) is 39.1 Å². The molecule has 12 nitrogen and oxygen atoms in total. The molecule has 3 aliphatic rings. The summed E-state index contributed by atoms with van der Waals surface area (Å²) in [7, 11) is 2.25. The highest BCUT2D eigenvalue weighted by atomic mass is 16.6. The number of carbonyl (C=O) groups excluding carboxylic acids is 4. The number of rotatable bonds is 3. The average molecular weight is 444 g/mol. The van der Waals surface area contributed by atoms with Crippen molar-refractivity contribution in [3.05, 3.63) is 0 Å². The molecule has 0 unspecified atom stereocenters. The van der Waals surface area contributed by atoms with E-state index < -0.39 is 77.9 Å². The summed E-state index contributed by atoms with van der Waals surface area (Å²) < 4.78 is 20.9. The van der Waals surface area contributed by atoms with Crippen LogP contribution in [-0.2, 0) is 33.3 Å². The average Bonchev–Trinajstić information content (AvgIpc) is 3.15. The van der Waals surface area contributed by atoms with Crippen molar-refractivity contribution in [2.75, 3.05) is 20.8 Å². The first kappa shape index (κ1) is 23.2.